The van der Waals surface area contributed by atoms with Crippen molar-refractivity contribution in [1.29, 1.82) is 5.26 Å². The molecular formula is C10H10BrClN2O2S. The van der Waals surface area contributed by atoms with Gasteiger partial charge in [-0.3, -0.25) is 0 Å². The zero-order chi connectivity index (χ0) is 13.1. The summed E-state index contributed by atoms with van der Waals surface area (Å²) in [4.78, 5) is 0.0154. The van der Waals surface area contributed by atoms with Gasteiger partial charge in [-0.25, -0.2) is 12.7 Å². The molecule has 92 valence electrons. The van der Waals surface area contributed by atoms with Crippen molar-refractivity contribution < 1.29 is 8.42 Å². The number of halogens is 2. The van der Waals surface area contributed by atoms with Crippen molar-refractivity contribution in [1.82, 2.24) is 4.31 Å². The Morgan fingerprint density at radius 3 is 2.65 bits per heavy atom. The highest BCUT2D eigenvalue weighted by Gasteiger charge is 2.23. The van der Waals surface area contributed by atoms with Gasteiger partial charge in [0.15, 0.2) is 0 Å². The fourth-order valence-corrected chi connectivity index (χ4v) is 3.64. The zero-order valence-corrected chi connectivity index (χ0v) is 12.2. The Bertz CT molecular complexity index is 554. The Kier molecular flexibility index (Phi) is 4.95. The number of alkyl halides is 1. The van der Waals surface area contributed by atoms with Crippen LogP contribution in [-0.2, 0) is 10.0 Å². The molecule has 0 radical (unpaired) electrons. The van der Waals surface area contributed by atoms with Gasteiger partial charge < -0.3 is 0 Å². The highest BCUT2D eigenvalue weighted by molar-refractivity contribution is 9.09. The van der Waals surface area contributed by atoms with Crippen LogP contribution in [0.1, 0.15) is 5.56 Å². The lowest BCUT2D eigenvalue weighted by atomic mass is 10.2. The van der Waals surface area contributed by atoms with E-state index in [-0.39, 0.29) is 9.92 Å². The lowest BCUT2D eigenvalue weighted by Crippen LogP contribution is -2.28. The maximum Gasteiger partial charge on any atom is 0.244 e. The van der Waals surface area contributed by atoms with Crippen LogP contribution in [0, 0.1) is 11.3 Å². The lowest BCUT2D eigenvalue weighted by molar-refractivity contribution is 0.489. The van der Waals surface area contributed by atoms with Crippen LogP contribution in [-0.4, -0.2) is 31.6 Å². The Hall–Kier alpha value is -0.610. The van der Waals surface area contributed by atoms with Gasteiger partial charge in [0.25, 0.3) is 0 Å². The van der Waals surface area contributed by atoms with Crippen LogP contribution in [0.4, 0.5) is 0 Å². The fraction of sp³-hybridized carbons (Fsp3) is 0.300. The SMILES string of the molecule is CN(CCBr)S(=O)(=O)c1ccc(C#N)cc1Cl. The molecule has 0 spiro atoms. The fourth-order valence-electron chi connectivity index (χ4n) is 1.19. The normalized spacial score (nSPS) is 11.5. The van der Waals surface area contributed by atoms with Crippen LogP contribution in [0.15, 0.2) is 23.1 Å². The second-order valence-electron chi connectivity index (χ2n) is 3.27. The predicted octanol–water partition coefficient (Wildman–Crippen LogP) is 2.23. The molecule has 0 bridgehead atoms. The summed E-state index contributed by atoms with van der Waals surface area (Å²) in [6.07, 6.45) is 0. The summed E-state index contributed by atoms with van der Waals surface area (Å²) < 4.78 is 25.4. The molecule has 1 rings (SSSR count). The number of hydrogen-bond donors (Lipinski definition) is 0. The molecule has 1 aromatic rings. The second kappa shape index (κ2) is 5.83. The summed E-state index contributed by atoms with van der Waals surface area (Å²) in [7, 11) is -2.12. The Morgan fingerprint density at radius 2 is 2.18 bits per heavy atom. The summed E-state index contributed by atoms with van der Waals surface area (Å²) in [5, 5.41) is 9.27. The molecule has 0 atom stereocenters. The number of sulfonamides is 1. The van der Waals surface area contributed by atoms with Gasteiger partial charge in [0.1, 0.15) is 4.90 Å². The van der Waals surface area contributed by atoms with Crippen molar-refractivity contribution in [3.63, 3.8) is 0 Å². The van der Waals surface area contributed by atoms with Crippen LogP contribution in [0.3, 0.4) is 0 Å². The Balaban J connectivity index is 3.21. The van der Waals surface area contributed by atoms with E-state index in [0.29, 0.717) is 17.4 Å². The number of hydrogen-bond acceptors (Lipinski definition) is 3. The summed E-state index contributed by atoms with van der Waals surface area (Å²) in [5.74, 6) is 0. The number of benzene rings is 1. The quantitative estimate of drug-likeness (QED) is 0.792. The van der Waals surface area contributed by atoms with Gasteiger partial charge in [0, 0.05) is 18.9 Å². The highest BCUT2D eigenvalue weighted by Crippen LogP contribution is 2.24. The highest BCUT2D eigenvalue weighted by atomic mass is 79.9. The minimum absolute atomic E-state index is 0.0154. The van der Waals surface area contributed by atoms with E-state index in [1.807, 2.05) is 6.07 Å². The predicted molar refractivity (Wildman–Crippen MR) is 69.8 cm³/mol. The molecule has 1 aromatic carbocycles. The van der Waals surface area contributed by atoms with E-state index < -0.39 is 10.0 Å². The minimum atomic E-state index is -3.59. The van der Waals surface area contributed by atoms with Gasteiger partial charge in [-0.1, -0.05) is 27.5 Å². The molecule has 0 aromatic heterocycles. The molecule has 0 aliphatic heterocycles. The molecule has 0 saturated heterocycles. The summed E-state index contributed by atoms with van der Waals surface area (Å²) in [6, 6.07) is 6.02. The van der Waals surface area contributed by atoms with E-state index in [4.69, 9.17) is 16.9 Å². The van der Waals surface area contributed by atoms with Crippen molar-refractivity contribution in [3.05, 3.63) is 28.8 Å². The van der Waals surface area contributed by atoms with Crippen LogP contribution in [0.2, 0.25) is 5.02 Å². The topological polar surface area (TPSA) is 61.2 Å². The average Bonchev–Trinajstić information content (AvgIpc) is 2.28. The third kappa shape index (κ3) is 3.19. The van der Waals surface area contributed by atoms with Gasteiger partial charge in [-0.05, 0) is 18.2 Å². The van der Waals surface area contributed by atoms with E-state index in [9.17, 15) is 8.42 Å². The molecule has 0 aliphatic carbocycles. The van der Waals surface area contributed by atoms with Crippen molar-refractivity contribution in [3.8, 4) is 6.07 Å². The zero-order valence-electron chi connectivity index (χ0n) is 9.02. The van der Waals surface area contributed by atoms with Crippen molar-refractivity contribution >= 4 is 37.6 Å². The number of nitrogens with zero attached hydrogens (tertiary/aromatic N) is 2. The molecule has 7 heteroatoms. The number of nitriles is 1. The van der Waals surface area contributed by atoms with Crippen molar-refractivity contribution in [2.75, 3.05) is 18.9 Å². The third-order valence-electron chi connectivity index (χ3n) is 2.15. The maximum absolute atomic E-state index is 12.1. The number of rotatable bonds is 4. The molecule has 17 heavy (non-hydrogen) atoms. The average molecular weight is 338 g/mol. The van der Waals surface area contributed by atoms with E-state index >= 15 is 0 Å². The molecule has 0 aliphatic rings. The standard InChI is InChI=1S/C10H10BrClN2O2S/c1-14(5-4-11)17(15,16)10-3-2-8(7-13)6-9(10)12/h2-3,6H,4-5H2,1H3. The molecule has 0 fully saturated rings. The molecule has 0 N–H and O–H groups in total. The first-order chi connectivity index (χ1) is 7.93. The molecule has 0 amide bonds. The molecule has 0 heterocycles. The van der Waals surface area contributed by atoms with Gasteiger partial charge in [-0.15, -0.1) is 0 Å². The van der Waals surface area contributed by atoms with E-state index in [2.05, 4.69) is 15.9 Å². The summed E-state index contributed by atoms with van der Waals surface area (Å²) >= 11 is 9.04. The van der Waals surface area contributed by atoms with Gasteiger partial charge in [-0.2, -0.15) is 5.26 Å². The van der Waals surface area contributed by atoms with Gasteiger partial charge in [0.2, 0.25) is 10.0 Å². The first kappa shape index (κ1) is 14.5. The van der Waals surface area contributed by atoms with E-state index in [0.717, 1.165) is 0 Å². The summed E-state index contributed by atoms with van der Waals surface area (Å²) in [6.45, 7) is 0.346. The van der Waals surface area contributed by atoms with Crippen LogP contribution >= 0.6 is 27.5 Å². The van der Waals surface area contributed by atoms with E-state index in [1.54, 1.807) is 0 Å². The van der Waals surface area contributed by atoms with Crippen LogP contribution in [0.5, 0.6) is 0 Å². The third-order valence-corrected chi connectivity index (χ3v) is 4.84. The van der Waals surface area contributed by atoms with Crippen LogP contribution < -0.4 is 0 Å². The minimum Gasteiger partial charge on any atom is -0.207 e. The second-order valence-corrected chi connectivity index (χ2v) is 6.49. The molecular weight excluding hydrogens is 328 g/mol. The van der Waals surface area contributed by atoms with E-state index in [1.165, 1.54) is 29.6 Å². The maximum atomic E-state index is 12.1. The largest absolute Gasteiger partial charge is 0.244 e. The first-order valence-corrected chi connectivity index (χ1v) is 7.59. The van der Waals surface area contributed by atoms with Gasteiger partial charge in [0.05, 0.1) is 16.7 Å². The van der Waals surface area contributed by atoms with Crippen LogP contribution in [0.25, 0.3) is 0 Å². The smallest absolute Gasteiger partial charge is 0.207 e. The molecule has 0 unspecified atom stereocenters. The van der Waals surface area contributed by atoms with Crippen molar-refractivity contribution in [2.24, 2.45) is 0 Å². The Morgan fingerprint density at radius 1 is 1.53 bits per heavy atom. The lowest BCUT2D eigenvalue weighted by Gasteiger charge is -2.16. The molecule has 0 saturated carbocycles. The molecule has 4 nitrogen and oxygen atoms in total. The van der Waals surface area contributed by atoms with Crippen molar-refractivity contribution in [2.45, 2.75) is 4.90 Å². The van der Waals surface area contributed by atoms with Gasteiger partial charge >= 0.3 is 0 Å². The first-order valence-electron chi connectivity index (χ1n) is 4.65. The Labute approximate surface area is 114 Å². The monoisotopic (exact) mass is 336 g/mol. The summed E-state index contributed by atoms with van der Waals surface area (Å²) in [5.41, 5.74) is 0.331.